The number of nitrogens with zero attached hydrogens (tertiary/aromatic N) is 1. The second-order valence-corrected chi connectivity index (χ2v) is 6.15. The average molecular weight is 317 g/mol. The maximum atomic E-state index is 12.1. The summed E-state index contributed by atoms with van der Waals surface area (Å²) in [6.45, 7) is 1.73. The Hall–Kier alpha value is -1.57. The van der Waals surface area contributed by atoms with E-state index in [1.165, 1.54) is 31.6 Å². The molecule has 0 unspecified atom stereocenters. The number of hydrogen-bond donors (Lipinski definition) is 1. The molecule has 0 aliphatic carbocycles. The molecule has 1 N–H and O–H groups in total. The molecule has 1 aromatic heterocycles. The van der Waals surface area contributed by atoms with Crippen molar-refractivity contribution in [2.45, 2.75) is 18.4 Å². The number of sulfonamides is 1. The van der Waals surface area contributed by atoms with Crippen molar-refractivity contribution in [3.8, 4) is 5.75 Å². The molecule has 8 heteroatoms. The van der Waals surface area contributed by atoms with E-state index >= 15 is 0 Å². The summed E-state index contributed by atoms with van der Waals surface area (Å²) in [5, 5.41) is 0.229. The minimum absolute atomic E-state index is 0.0450. The Morgan fingerprint density at radius 3 is 2.75 bits per heavy atom. The van der Waals surface area contributed by atoms with Gasteiger partial charge in [0.2, 0.25) is 10.0 Å². The third-order valence-electron chi connectivity index (χ3n) is 2.54. The van der Waals surface area contributed by atoms with Gasteiger partial charge in [-0.1, -0.05) is 11.6 Å². The average Bonchev–Trinajstić information content (AvgIpc) is 2.82. The molecule has 108 valence electrons. The fourth-order valence-electron chi connectivity index (χ4n) is 1.56. The lowest BCUT2D eigenvalue weighted by molar-refractivity contribution is 0.414. The normalized spacial score (nSPS) is 11.6. The summed E-state index contributed by atoms with van der Waals surface area (Å²) in [7, 11) is -2.21. The van der Waals surface area contributed by atoms with E-state index in [0.717, 1.165) is 0 Å². The smallest absolute Gasteiger partial charge is 0.240 e. The van der Waals surface area contributed by atoms with Crippen LogP contribution >= 0.6 is 11.6 Å². The predicted molar refractivity (Wildman–Crippen MR) is 73.3 cm³/mol. The van der Waals surface area contributed by atoms with E-state index in [0.29, 0.717) is 17.3 Å². The SMILES string of the molecule is COc1ccc(S(=O)(=O)NCc2coc(C)n2)cc1Cl. The van der Waals surface area contributed by atoms with Crippen LogP contribution in [0.3, 0.4) is 0 Å². The van der Waals surface area contributed by atoms with Gasteiger partial charge in [-0.15, -0.1) is 0 Å². The number of aromatic nitrogens is 1. The van der Waals surface area contributed by atoms with Crippen LogP contribution in [0.25, 0.3) is 0 Å². The van der Waals surface area contributed by atoms with Gasteiger partial charge in [0.1, 0.15) is 12.0 Å². The molecule has 2 rings (SSSR count). The van der Waals surface area contributed by atoms with Crippen molar-refractivity contribution in [1.82, 2.24) is 9.71 Å². The van der Waals surface area contributed by atoms with Crippen molar-refractivity contribution >= 4 is 21.6 Å². The Kier molecular flexibility index (Phi) is 4.32. The van der Waals surface area contributed by atoms with Crippen molar-refractivity contribution in [3.63, 3.8) is 0 Å². The highest BCUT2D eigenvalue weighted by atomic mass is 35.5. The molecule has 0 saturated carbocycles. The highest BCUT2D eigenvalue weighted by molar-refractivity contribution is 7.89. The molecule has 0 spiro atoms. The summed E-state index contributed by atoms with van der Waals surface area (Å²) in [4.78, 5) is 4.07. The molecular weight excluding hydrogens is 304 g/mol. The lowest BCUT2D eigenvalue weighted by atomic mass is 10.3. The van der Waals surface area contributed by atoms with Gasteiger partial charge in [-0.05, 0) is 18.2 Å². The largest absolute Gasteiger partial charge is 0.495 e. The molecular formula is C12H13ClN2O4S. The quantitative estimate of drug-likeness (QED) is 0.913. The minimum atomic E-state index is -3.67. The summed E-state index contributed by atoms with van der Waals surface area (Å²) < 4.78 is 36.6. The van der Waals surface area contributed by atoms with E-state index in [1.807, 2.05) is 0 Å². The third-order valence-corrected chi connectivity index (χ3v) is 4.24. The van der Waals surface area contributed by atoms with Crippen LogP contribution in [0.5, 0.6) is 5.75 Å². The van der Waals surface area contributed by atoms with E-state index in [2.05, 4.69) is 9.71 Å². The number of methoxy groups -OCH3 is 1. The highest BCUT2D eigenvalue weighted by Crippen LogP contribution is 2.26. The highest BCUT2D eigenvalue weighted by Gasteiger charge is 2.16. The second kappa shape index (κ2) is 5.82. The van der Waals surface area contributed by atoms with Crippen LogP contribution < -0.4 is 9.46 Å². The van der Waals surface area contributed by atoms with Crippen molar-refractivity contribution in [1.29, 1.82) is 0 Å². The molecule has 0 saturated heterocycles. The fourth-order valence-corrected chi connectivity index (χ4v) is 2.90. The lowest BCUT2D eigenvalue weighted by Crippen LogP contribution is -2.23. The Morgan fingerprint density at radius 1 is 1.45 bits per heavy atom. The third kappa shape index (κ3) is 3.30. The van der Waals surface area contributed by atoms with Crippen LogP contribution in [-0.2, 0) is 16.6 Å². The first-order chi connectivity index (χ1) is 9.42. The van der Waals surface area contributed by atoms with Gasteiger partial charge in [0.05, 0.1) is 29.3 Å². The summed E-state index contributed by atoms with van der Waals surface area (Å²) in [6.07, 6.45) is 1.40. The zero-order valence-electron chi connectivity index (χ0n) is 10.9. The van der Waals surface area contributed by atoms with Crippen LogP contribution in [0, 0.1) is 6.92 Å². The Bertz CT molecular complexity index is 712. The lowest BCUT2D eigenvalue weighted by Gasteiger charge is -2.07. The molecule has 0 aliphatic heterocycles. The molecule has 2 aromatic rings. The van der Waals surface area contributed by atoms with E-state index in [9.17, 15) is 8.42 Å². The topological polar surface area (TPSA) is 81.4 Å². The molecule has 0 bridgehead atoms. The molecule has 1 heterocycles. The molecule has 0 aliphatic rings. The fraction of sp³-hybridized carbons (Fsp3) is 0.250. The Labute approximate surface area is 121 Å². The van der Waals surface area contributed by atoms with Crippen molar-refractivity contribution in [2.75, 3.05) is 7.11 Å². The first-order valence-corrected chi connectivity index (χ1v) is 7.52. The molecule has 0 fully saturated rings. The summed E-state index contributed by atoms with van der Waals surface area (Å²) in [5.74, 6) is 0.893. The van der Waals surface area contributed by atoms with Gasteiger partial charge >= 0.3 is 0 Å². The van der Waals surface area contributed by atoms with E-state index in [-0.39, 0.29) is 16.5 Å². The van der Waals surface area contributed by atoms with Crippen molar-refractivity contribution in [3.05, 3.63) is 41.1 Å². The second-order valence-electron chi connectivity index (χ2n) is 3.98. The van der Waals surface area contributed by atoms with Gasteiger partial charge in [0.15, 0.2) is 5.89 Å². The van der Waals surface area contributed by atoms with Gasteiger partial charge in [0, 0.05) is 6.92 Å². The maximum absolute atomic E-state index is 12.1. The molecule has 6 nitrogen and oxygen atoms in total. The predicted octanol–water partition coefficient (Wildman–Crippen LogP) is 2.12. The van der Waals surface area contributed by atoms with Crippen LogP contribution in [0.15, 0.2) is 33.8 Å². The summed E-state index contributed by atoms with van der Waals surface area (Å²) in [6, 6.07) is 4.25. The first-order valence-electron chi connectivity index (χ1n) is 5.66. The number of hydrogen-bond acceptors (Lipinski definition) is 5. The van der Waals surface area contributed by atoms with E-state index < -0.39 is 10.0 Å². The summed E-state index contributed by atoms with van der Waals surface area (Å²) in [5.41, 5.74) is 0.505. The number of halogens is 1. The van der Waals surface area contributed by atoms with Gasteiger partial charge < -0.3 is 9.15 Å². The van der Waals surface area contributed by atoms with Crippen LogP contribution in [0.4, 0.5) is 0 Å². The molecule has 0 atom stereocenters. The standard InChI is InChI=1S/C12H13ClN2O4S/c1-8-15-9(7-19-8)6-14-20(16,17)10-3-4-12(18-2)11(13)5-10/h3-5,7,14H,6H2,1-2H3. The molecule has 0 radical (unpaired) electrons. The molecule has 1 aromatic carbocycles. The summed E-state index contributed by atoms with van der Waals surface area (Å²) >= 11 is 5.91. The van der Waals surface area contributed by atoms with Crippen LogP contribution in [0.2, 0.25) is 5.02 Å². The van der Waals surface area contributed by atoms with Gasteiger partial charge in [-0.25, -0.2) is 18.1 Å². The number of nitrogens with one attached hydrogen (secondary N) is 1. The van der Waals surface area contributed by atoms with Gasteiger partial charge in [0.25, 0.3) is 0 Å². The van der Waals surface area contributed by atoms with Crippen molar-refractivity contribution in [2.24, 2.45) is 0 Å². The maximum Gasteiger partial charge on any atom is 0.240 e. The monoisotopic (exact) mass is 316 g/mol. The van der Waals surface area contributed by atoms with Crippen LogP contribution in [-0.4, -0.2) is 20.5 Å². The van der Waals surface area contributed by atoms with Crippen molar-refractivity contribution < 1.29 is 17.6 Å². The molecule has 20 heavy (non-hydrogen) atoms. The van der Waals surface area contributed by atoms with E-state index in [1.54, 1.807) is 6.92 Å². The number of ether oxygens (including phenoxy) is 1. The Morgan fingerprint density at radius 2 is 2.20 bits per heavy atom. The number of aryl methyl sites for hydroxylation is 1. The van der Waals surface area contributed by atoms with Gasteiger partial charge in [-0.3, -0.25) is 0 Å². The molecule has 0 amide bonds. The zero-order valence-corrected chi connectivity index (χ0v) is 12.5. The number of rotatable bonds is 5. The van der Waals surface area contributed by atoms with Gasteiger partial charge in [-0.2, -0.15) is 0 Å². The zero-order chi connectivity index (χ0) is 14.8. The number of oxazole rings is 1. The number of benzene rings is 1. The van der Waals surface area contributed by atoms with E-state index in [4.69, 9.17) is 20.8 Å². The Balaban J connectivity index is 2.15. The first kappa shape index (κ1) is 14.8. The van der Waals surface area contributed by atoms with Crippen LogP contribution in [0.1, 0.15) is 11.6 Å². The minimum Gasteiger partial charge on any atom is -0.495 e.